The zero-order valence-corrected chi connectivity index (χ0v) is 23.4. The third-order valence-corrected chi connectivity index (χ3v) is 8.11. The number of alkyl halides is 2. The Hall–Kier alpha value is -4.70. The molecule has 2 nitrogen and oxygen atoms in total. The van der Waals surface area contributed by atoms with E-state index < -0.39 is 46.5 Å². The lowest BCUT2D eigenvalue weighted by molar-refractivity contribution is -0.189. The lowest BCUT2D eigenvalue weighted by atomic mass is 9.98. The summed E-state index contributed by atoms with van der Waals surface area (Å²) >= 11 is 1.57. The summed E-state index contributed by atoms with van der Waals surface area (Å²) in [6, 6.07) is 18.6. The molecule has 10 heteroatoms. The Balaban J connectivity index is 1.28. The number of benzene rings is 5. The van der Waals surface area contributed by atoms with Crippen molar-refractivity contribution >= 4 is 32.3 Å². The fourth-order valence-electron chi connectivity index (χ4n) is 4.88. The Labute approximate surface area is 250 Å². The molecular weight excluding hydrogens is 603 g/mol. The van der Waals surface area contributed by atoms with Crippen LogP contribution in [0.2, 0.25) is 0 Å². The summed E-state index contributed by atoms with van der Waals surface area (Å²) < 4.78 is 105. The molecule has 222 valence electrons. The molecule has 0 aliphatic rings. The van der Waals surface area contributed by atoms with Gasteiger partial charge >= 0.3 is 6.11 Å². The van der Waals surface area contributed by atoms with Gasteiger partial charge in [-0.2, -0.15) is 8.78 Å². The van der Waals surface area contributed by atoms with E-state index in [-0.39, 0.29) is 17.7 Å². The molecule has 0 fully saturated rings. The Morgan fingerprint density at radius 1 is 0.727 bits per heavy atom. The summed E-state index contributed by atoms with van der Waals surface area (Å²) in [5.74, 6) is -9.95. The largest absolute Gasteiger partial charge is 0.432 e. The van der Waals surface area contributed by atoms with Gasteiger partial charge in [0.15, 0.2) is 17.5 Å². The average molecular weight is 624 g/mol. The van der Waals surface area contributed by atoms with E-state index in [2.05, 4.69) is 23.4 Å². The highest BCUT2D eigenvalue weighted by molar-refractivity contribution is 7.21. The number of halogens is 7. The first-order valence-electron chi connectivity index (χ1n) is 13.3. The average Bonchev–Trinajstić information content (AvgIpc) is 3.41. The van der Waals surface area contributed by atoms with Crippen molar-refractivity contribution in [1.82, 2.24) is 4.98 Å². The molecule has 0 unspecified atom stereocenters. The van der Waals surface area contributed by atoms with Gasteiger partial charge in [0.2, 0.25) is 0 Å². The Bertz CT molecular complexity index is 2030. The quantitative estimate of drug-likeness (QED) is 0.0956. The van der Waals surface area contributed by atoms with Crippen LogP contribution >= 0.6 is 11.3 Å². The maximum absolute atomic E-state index is 14.9. The second-order valence-electron chi connectivity index (χ2n) is 10.1. The number of hydrogen-bond donors (Lipinski definition) is 0. The van der Waals surface area contributed by atoms with Crippen molar-refractivity contribution in [2.24, 2.45) is 0 Å². The molecule has 0 N–H and O–H groups in total. The van der Waals surface area contributed by atoms with Crippen LogP contribution < -0.4 is 4.74 Å². The molecule has 6 aromatic rings. The van der Waals surface area contributed by atoms with Gasteiger partial charge < -0.3 is 4.74 Å². The van der Waals surface area contributed by atoms with Gasteiger partial charge in [-0.3, -0.25) is 0 Å². The zero-order valence-electron chi connectivity index (χ0n) is 22.6. The van der Waals surface area contributed by atoms with Crippen molar-refractivity contribution in [3.05, 3.63) is 132 Å². The van der Waals surface area contributed by atoms with Crippen molar-refractivity contribution < 1.29 is 35.5 Å². The zero-order chi connectivity index (χ0) is 31.2. The highest BCUT2D eigenvalue weighted by Gasteiger charge is 2.41. The summed E-state index contributed by atoms with van der Waals surface area (Å²) in [6.45, 7) is 3.77. The van der Waals surface area contributed by atoms with Crippen LogP contribution in [0.25, 0.3) is 42.7 Å². The van der Waals surface area contributed by atoms with Gasteiger partial charge in [0.05, 0.1) is 10.2 Å². The first-order valence-corrected chi connectivity index (χ1v) is 14.1. The molecule has 0 aliphatic carbocycles. The van der Waals surface area contributed by atoms with Crippen LogP contribution in [-0.2, 0) is 12.5 Å². The molecule has 0 saturated carbocycles. The van der Waals surface area contributed by atoms with E-state index in [1.807, 2.05) is 30.3 Å². The van der Waals surface area contributed by atoms with Crippen molar-refractivity contribution in [3.8, 4) is 27.4 Å². The topological polar surface area (TPSA) is 22.1 Å². The summed E-state index contributed by atoms with van der Waals surface area (Å²) in [5.41, 5.74) is 1.55. The molecule has 0 bridgehead atoms. The van der Waals surface area contributed by atoms with Crippen LogP contribution in [0.4, 0.5) is 30.7 Å². The third kappa shape index (κ3) is 5.65. The van der Waals surface area contributed by atoms with Gasteiger partial charge in [0, 0.05) is 17.7 Å². The summed E-state index contributed by atoms with van der Waals surface area (Å²) in [6.07, 6.45) is -1.01. The number of fused-ring (bicyclic) bond motifs is 2. The SMILES string of the molecule is C=CCCc1ccc2nc(-c3ccc4cc(-c5cc(F)c(C(F)(F)Oc6cc(F)c(F)c(F)c6)c(F)c5)ccc4c3)sc2c1. The molecular formula is C34H20F7NOS. The predicted molar refractivity (Wildman–Crippen MR) is 157 cm³/mol. The van der Waals surface area contributed by atoms with Gasteiger partial charge in [0.1, 0.15) is 28.0 Å². The molecule has 0 spiro atoms. The Morgan fingerprint density at radius 3 is 2.02 bits per heavy atom. The fourth-order valence-corrected chi connectivity index (χ4v) is 5.91. The fraction of sp³-hybridized carbons (Fsp3) is 0.0882. The highest BCUT2D eigenvalue weighted by atomic mass is 32.1. The first-order chi connectivity index (χ1) is 21.0. The number of thiazole rings is 1. The number of aryl methyl sites for hydroxylation is 1. The van der Waals surface area contributed by atoms with E-state index in [0.29, 0.717) is 17.7 Å². The molecule has 0 radical (unpaired) electrons. The van der Waals surface area contributed by atoms with Crippen molar-refractivity contribution in [2.45, 2.75) is 19.0 Å². The van der Waals surface area contributed by atoms with Crippen LogP contribution in [-0.4, -0.2) is 4.98 Å². The molecule has 1 aromatic heterocycles. The summed E-state index contributed by atoms with van der Waals surface area (Å²) in [7, 11) is 0. The van der Waals surface area contributed by atoms with Crippen LogP contribution in [0.1, 0.15) is 17.5 Å². The summed E-state index contributed by atoms with van der Waals surface area (Å²) in [4.78, 5) is 4.75. The molecule has 6 rings (SSSR count). The van der Waals surface area contributed by atoms with E-state index in [0.717, 1.165) is 44.4 Å². The highest BCUT2D eigenvalue weighted by Crippen LogP contribution is 2.39. The standard InChI is InChI=1S/C34H20F7NOS/c1-2-3-4-18-5-10-29-30(11-18)44-33(42-29)22-9-8-19-12-21(7-6-20(19)13-22)23-14-25(35)31(26(36)15-23)34(40,41)43-24-16-27(37)32(39)28(38)17-24/h2,5-17H,1,3-4H2. The van der Waals surface area contributed by atoms with E-state index in [1.165, 1.54) is 5.56 Å². The number of allylic oxidation sites excluding steroid dienone is 1. The monoisotopic (exact) mass is 623 g/mol. The third-order valence-electron chi connectivity index (χ3n) is 7.05. The number of hydrogen-bond acceptors (Lipinski definition) is 3. The summed E-state index contributed by atoms with van der Waals surface area (Å²) in [5, 5.41) is 2.40. The minimum absolute atomic E-state index is 0.0252. The van der Waals surface area contributed by atoms with E-state index in [4.69, 9.17) is 4.98 Å². The molecule has 0 aliphatic heterocycles. The van der Waals surface area contributed by atoms with Crippen LogP contribution in [0, 0.1) is 29.1 Å². The van der Waals surface area contributed by atoms with E-state index >= 15 is 0 Å². The molecule has 5 aromatic carbocycles. The maximum Gasteiger partial charge on any atom is 0.432 e. The lowest BCUT2D eigenvalue weighted by Gasteiger charge is -2.20. The normalized spacial score (nSPS) is 11.8. The van der Waals surface area contributed by atoms with Crippen molar-refractivity contribution in [3.63, 3.8) is 0 Å². The van der Waals surface area contributed by atoms with Crippen molar-refractivity contribution in [1.29, 1.82) is 0 Å². The molecule has 0 amide bonds. The number of nitrogens with zero attached hydrogens (tertiary/aromatic N) is 1. The Morgan fingerprint density at radius 2 is 1.36 bits per heavy atom. The number of ether oxygens (including phenoxy) is 1. The molecule has 1 heterocycles. The van der Waals surface area contributed by atoms with Gasteiger partial charge in [-0.1, -0.05) is 36.4 Å². The van der Waals surface area contributed by atoms with Gasteiger partial charge in [-0.25, -0.2) is 26.9 Å². The molecule has 44 heavy (non-hydrogen) atoms. The van der Waals surface area contributed by atoms with E-state index in [1.54, 1.807) is 29.5 Å². The van der Waals surface area contributed by atoms with Gasteiger partial charge in [0.25, 0.3) is 0 Å². The van der Waals surface area contributed by atoms with Gasteiger partial charge in [-0.05, 0) is 76.7 Å². The van der Waals surface area contributed by atoms with Crippen molar-refractivity contribution in [2.75, 3.05) is 0 Å². The van der Waals surface area contributed by atoms with Gasteiger partial charge in [-0.15, -0.1) is 17.9 Å². The first kappa shape index (κ1) is 29.4. The second-order valence-corrected chi connectivity index (χ2v) is 11.1. The lowest BCUT2D eigenvalue weighted by Crippen LogP contribution is -2.25. The number of rotatable bonds is 8. The van der Waals surface area contributed by atoms with Crippen LogP contribution in [0.15, 0.2) is 91.5 Å². The Kier molecular flexibility index (Phi) is 7.63. The smallest absolute Gasteiger partial charge is 0.429 e. The predicted octanol–water partition coefficient (Wildman–Crippen LogP) is 10.7. The minimum atomic E-state index is -4.67. The number of aromatic nitrogens is 1. The van der Waals surface area contributed by atoms with Crippen LogP contribution in [0.5, 0.6) is 5.75 Å². The molecule has 0 atom stereocenters. The molecule has 0 saturated heterocycles. The van der Waals surface area contributed by atoms with Crippen LogP contribution in [0.3, 0.4) is 0 Å². The maximum atomic E-state index is 14.9. The van der Waals surface area contributed by atoms with E-state index in [9.17, 15) is 30.7 Å². The second kappa shape index (κ2) is 11.4. The minimum Gasteiger partial charge on any atom is -0.429 e.